The molecule has 0 radical (unpaired) electrons. The molecule has 2 aromatic carbocycles. The van der Waals surface area contributed by atoms with Crippen LogP contribution in [0.15, 0.2) is 60.7 Å². The molecular weight excluding hydrogens is 222 g/mol. The molecule has 0 spiro atoms. The molecule has 0 unspecified atom stereocenters. The second kappa shape index (κ2) is 5.23. The zero-order valence-electron chi connectivity index (χ0n) is 10.3. The largest absolute Gasteiger partial charge is 0.488 e. The van der Waals surface area contributed by atoms with Gasteiger partial charge in [-0.25, -0.2) is 0 Å². The molecule has 0 N–H and O–H groups in total. The van der Waals surface area contributed by atoms with Crippen molar-refractivity contribution >= 4 is 0 Å². The summed E-state index contributed by atoms with van der Waals surface area (Å²) in [6, 6.07) is 20.6. The van der Waals surface area contributed by atoms with Gasteiger partial charge in [0, 0.05) is 19.6 Å². The topological polar surface area (TPSA) is 12.5 Å². The van der Waals surface area contributed by atoms with E-state index >= 15 is 0 Å². The van der Waals surface area contributed by atoms with E-state index in [9.17, 15) is 0 Å². The fourth-order valence-corrected chi connectivity index (χ4v) is 2.26. The van der Waals surface area contributed by atoms with Crippen molar-refractivity contribution in [1.82, 2.24) is 4.90 Å². The van der Waals surface area contributed by atoms with E-state index in [2.05, 4.69) is 35.2 Å². The minimum Gasteiger partial charge on any atom is -0.488 e. The highest BCUT2D eigenvalue weighted by Gasteiger charge is 2.28. The van der Waals surface area contributed by atoms with E-state index in [0.717, 1.165) is 25.4 Å². The number of nitrogens with zero attached hydrogens (tertiary/aromatic N) is 1. The van der Waals surface area contributed by atoms with Crippen LogP contribution in [-0.2, 0) is 6.54 Å². The number of likely N-dealkylation sites (tertiary alicyclic amines) is 1. The highest BCUT2D eigenvalue weighted by Crippen LogP contribution is 2.19. The Morgan fingerprint density at radius 3 is 2.17 bits per heavy atom. The molecule has 0 atom stereocenters. The van der Waals surface area contributed by atoms with Gasteiger partial charge in [0.25, 0.3) is 0 Å². The Kier molecular flexibility index (Phi) is 3.29. The van der Waals surface area contributed by atoms with Crippen LogP contribution in [0.25, 0.3) is 0 Å². The number of para-hydroxylation sites is 1. The van der Waals surface area contributed by atoms with Crippen LogP contribution in [0.2, 0.25) is 0 Å². The Morgan fingerprint density at radius 1 is 0.889 bits per heavy atom. The van der Waals surface area contributed by atoms with Gasteiger partial charge in [0.05, 0.1) is 0 Å². The van der Waals surface area contributed by atoms with Crippen molar-refractivity contribution < 1.29 is 4.74 Å². The maximum Gasteiger partial charge on any atom is 0.124 e. The average molecular weight is 239 g/mol. The van der Waals surface area contributed by atoms with Gasteiger partial charge in [-0.2, -0.15) is 0 Å². The molecule has 1 saturated heterocycles. The Hall–Kier alpha value is -1.80. The van der Waals surface area contributed by atoms with Gasteiger partial charge in [-0.3, -0.25) is 4.90 Å². The second-order valence-corrected chi connectivity index (χ2v) is 4.73. The predicted octanol–water partition coefficient (Wildman–Crippen LogP) is 2.95. The number of rotatable bonds is 4. The molecule has 92 valence electrons. The van der Waals surface area contributed by atoms with E-state index in [1.54, 1.807) is 0 Å². The number of hydrogen-bond donors (Lipinski definition) is 0. The van der Waals surface area contributed by atoms with Crippen LogP contribution in [0.5, 0.6) is 5.75 Å². The molecule has 1 fully saturated rings. The van der Waals surface area contributed by atoms with Gasteiger partial charge in [-0.15, -0.1) is 0 Å². The molecule has 3 rings (SSSR count). The number of ether oxygens (including phenoxy) is 1. The molecule has 2 heteroatoms. The van der Waals surface area contributed by atoms with Crippen molar-refractivity contribution in [2.45, 2.75) is 12.6 Å². The van der Waals surface area contributed by atoms with E-state index in [1.807, 2.05) is 30.3 Å². The SMILES string of the molecule is c1ccc(CN2CC(Oc3ccccc3)C2)cc1. The standard InChI is InChI=1S/C16H17NO/c1-3-7-14(8-4-1)11-17-12-16(13-17)18-15-9-5-2-6-10-15/h1-10,16H,11-13H2. The van der Waals surface area contributed by atoms with E-state index in [-0.39, 0.29) is 0 Å². The third kappa shape index (κ3) is 2.71. The zero-order chi connectivity index (χ0) is 12.2. The zero-order valence-corrected chi connectivity index (χ0v) is 10.3. The average Bonchev–Trinajstić information content (AvgIpc) is 2.39. The monoisotopic (exact) mass is 239 g/mol. The van der Waals surface area contributed by atoms with Crippen LogP contribution >= 0.6 is 0 Å². The molecule has 0 amide bonds. The van der Waals surface area contributed by atoms with Gasteiger partial charge in [-0.05, 0) is 17.7 Å². The lowest BCUT2D eigenvalue weighted by Gasteiger charge is -2.39. The lowest BCUT2D eigenvalue weighted by atomic mass is 10.1. The van der Waals surface area contributed by atoms with Crippen molar-refractivity contribution in [3.05, 3.63) is 66.2 Å². The van der Waals surface area contributed by atoms with Crippen LogP contribution in [0.1, 0.15) is 5.56 Å². The Balaban J connectivity index is 1.46. The van der Waals surface area contributed by atoms with Crippen LogP contribution in [0.3, 0.4) is 0 Å². The van der Waals surface area contributed by atoms with E-state index < -0.39 is 0 Å². The van der Waals surface area contributed by atoms with Crippen LogP contribution in [-0.4, -0.2) is 24.1 Å². The molecule has 2 aromatic rings. The Bertz CT molecular complexity index is 431. The van der Waals surface area contributed by atoms with Gasteiger partial charge >= 0.3 is 0 Å². The smallest absolute Gasteiger partial charge is 0.124 e. The third-order valence-electron chi connectivity index (χ3n) is 3.22. The lowest BCUT2D eigenvalue weighted by molar-refractivity contribution is 0.0146. The Morgan fingerprint density at radius 2 is 1.50 bits per heavy atom. The summed E-state index contributed by atoms with van der Waals surface area (Å²) < 4.78 is 5.88. The van der Waals surface area contributed by atoms with Crippen molar-refractivity contribution in [2.75, 3.05) is 13.1 Å². The van der Waals surface area contributed by atoms with Gasteiger partial charge in [0.2, 0.25) is 0 Å². The van der Waals surface area contributed by atoms with Crippen LogP contribution < -0.4 is 4.74 Å². The second-order valence-electron chi connectivity index (χ2n) is 4.73. The van der Waals surface area contributed by atoms with Crippen molar-refractivity contribution in [3.63, 3.8) is 0 Å². The Labute approximate surface area is 108 Å². The first-order chi connectivity index (χ1) is 8.90. The summed E-state index contributed by atoms with van der Waals surface area (Å²) in [5.41, 5.74) is 1.37. The minimum absolute atomic E-state index is 0.344. The highest BCUT2D eigenvalue weighted by atomic mass is 16.5. The minimum atomic E-state index is 0.344. The summed E-state index contributed by atoms with van der Waals surface area (Å²) in [7, 11) is 0. The summed E-state index contributed by atoms with van der Waals surface area (Å²) in [6.07, 6.45) is 0.344. The summed E-state index contributed by atoms with van der Waals surface area (Å²) >= 11 is 0. The molecule has 1 heterocycles. The van der Waals surface area contributed by atoms with Gasteiger partial charge in [-0.1, -0.05) is 48.5 Å². The fraction of sp³-hybridized carbons (Fsp3) is 0.250. The van der Waals surface area contributed by atoms with Gasteiger partial charge in [0.15, 0.2) is 0 Å². The van der Waals surface area contributed by atoms with Gasteiger partial charge < -0.3 is 4.74 Å². The molecule has 0 bridgehead atoms. The molecule has 2 nitrogen and oxygen atoms in total. The first-order valence-electron chi connectivity index (χ1n) is 6.38. The highest BCUT2D eigenvalue weighted by molar-refractivity contribution is 5.22. The van der Waals surface area contributed by atoms with Gasteiger partial charge in [0.1, 0.15) is 11.9 Å². The van der Waals surface area contributed by atoms with E-state index in [1.165, 1.54) is 5.56 Å². The quantitative estimate of drug-likeness (QED) is 0.813. The van der Waals surface area contributed by atoms with E-state index in [0.29, 0.717) is 6.10 Å². The summed E-state index contributed by atoms with van der Waals surface area (Å²) in [5.74, 6) is 0.974. The lowest BCUT2D eigenvalue weighted by Crippen LogP contribution is -2.53. The number of benzene rings is 2. The first-order valence-corrected chi connectivity index (χ1v) is 6.38. The summed E-state index contributed by atoms with van der Waals surface area (Å²) in [4.78, 5) is 2.41. The van der Waals surface area contributed by atoms with Crippen molar-refractivity contribution in [3.8, 4) is 5.75 Å². The third-order valence-corrected chi connectivity index (χ3v) is 3.22. The van der Waals surface area contributed by atoms with Crippen LogP contribution in [0.4, 0.5) is 0 Å². The molecular formula is C16H17NO. The molecule has 0 aliphatic carbocycles. The van der Waals surface area contributed by atoms with Crippen LogP contribution in [0, 0.1) is 0 Å². The maximum atomic E-state index is 5.88. The molecule has 1 aliphatic rings. The molecule has 0 saturated carbocycles. The summed E-state index contributed by atoms with van der Waals surface area (Å²) in [6.45, 7) is 3.06. The van der Waals surface area contributed by atoms with Crippen molar-refractivity contribution in [2.24, 2.45) is 0 Å². The first kappa shape index (κ1) is 11.3. The molecule has 1 aliphatic heterocycles. The predicted molar refractivity (Wildman–Crippen MR) is 72.6 cm³/mol. The summed E-state index contributed by atoms with van der Waals surface area (Å²) in [5, 5.41) is 0. The number of hydrogen-bond acceptors (Lipinski definition) is 2. The van der Waals surface area contributed by atoms with E-state index in [4.69, 9.17) is 4.74 Å². The van der Waals surface area contributed by atoms with Crippen molar-refractivity contribution in [1.29, 1.82) is 0 Å². The fourth-order valence-electron chi connectivity index (χ4n) is 2.26. The molecule has 18 heavy (non-hydrogen) atoms. The maximum absolute atomic E-state index is 5.88. The normalized spacial score (nSPS) is 16.2. The molecule has 0 aromatic heterocycles.